The molecule has 0 aliphatic carbocycles. The summed E-state index contributed by atoms with van der Waals surface area (Å²) in [6, 6.07) is 16.1. The van der Waals surface area contributed by atoms with Crippen molar-refractivity contribution >= 4 is 23.1 Å². The van der Waals surface area contributed by atoms with Gasteiger partial charge in [0, 0.05) is 16.5 Å². The molecule has 0 aliphatic heterocycles. The van der Waals surface area contributed by atoms with Gasteiger partial charge >= 0.3 is 0 Å². The lowest BCUT2D eigenvalue weighted by Crippen LogP contribution is -1.88. The van der Waals surface area contributed by atoms with E-state index in [0.717, 1.165) is 15.6 Å². The molecular formula is C19H14FN3OS2. The van der Waals surface area contributed by atoms with Crippen molar-refractivity contribution in [1.82, 2.24) is 15.2 Å². The molecule has 2 aromatic heterocycles. The molecule has 0 radical (unpaired) electrons. The molecule has 2 heterocycles. The van der Waals surface area contributed by atoms with Crippen LogP contribution in [-0.4, -0.2) is 15.2 Å². The van der Waals surface area contributed by atoms with Crippen molar-refractivity contribution < 1.29 is 8.81 Å². The van der Waals surface area contributed by atoms with Gasteiger partial charge in [-0.15, -0.1) is 21.5 Å². The van der Waals surface area contributed by atoms with Gasteiger partial charge in [-0.25, -0.2) is 9.37 Å². The maximum atomic E-state index is 13.0. The number of hydrogen-bond donors (Lipinski definition) is 0. The van der Waals surface area contributed by atoms with Gasteiger partial charge in [0.2, 0.25) is 11.8 Å². The van der Waals surface area contributed by atoms with Crippen LogP contribution >= 0.6 is 23.1 Å². The molecule has 130 valence electrons. The number of aromatic nitrogens is 3. The average Bonchev–Trinajstić information content (AvgIpc) is 3.33. The van der Waals surface area contributed by atoms with Crippen LogP contribution in [0.5, 0.6) is 0 Å². The van der Waals surface area contributed by atoms with Crippen molar-refractivity contribution in [3.63, 3.8) is 0 Å². The Kier molecular flexibility index (Phi) is 4.81. The van der Waals surface area contributed by atoms with E-state index in [1.165, 1.54) is 12.1 Å². The fourth-order valence-electron chi connectivity index (χ4n) is 2.36. The Morgan fingerprint density at radius 1 is 1.00 bits per heavy atom. The first kappa shape index (κ1) is 16.9. The highest BCUT2D eigenvalue weighted by Crippen LogP contribution is 2.38. The lowest BCUT2D eigenvalue weighted by Gasteiger charge is -2.03. The summed E-state index contributed by atoms with van der Waals surface area (Å²) >= 11 is 3.17. The number of thiazole rings is 1. The lowest BCUT2D eigenvalue weighted by molar-refractivity contribution is 0.509. The zero-order valence-electron chi connectivity index (χ0n) is 13.8. The molecule has 0 unspecified atom stereocenters. The van der Waals surface area contributed by atoms with E-state index in [4.69, 9.17) is 4.42 Å². The SMILES string of the molecule is C[C@H](Sc1nc(-c2ccccc2)cs1)c1nnc(-c2ccc(F)cc2)o1. The van der Waals surface area contributed by atoms with E-state index in [2.05, 4.69) is 15.2 Å². The topological polar surface area (TPSA) is 51.8 Å². The molecule has 0 bridgehead atoms. The predicted molar refractivity (Wildman–Crippen MR) is 102 cm³/mol. The molecule has 0 amide bonds. The Labute approximate surface area is 158 Å². The molecule has 4 rings (SSSR count). The summed E-state index contributed by atoms with van der Waals surface area (Å²) in [6.07, 6.45) is 0. The van der Waals surface area contributed by atoms with Gasteiger partial charge in [0.1, 0.15) is 5.82 Å². The summed E-state index contributed by atoms with van der Waals surface area (Å²) in [5.74, 6) is 0.609. The highest BCUT2D eigenvalue weighted by molar-refractivity contribution is 8.01. The van der Waals surface area contributed by atoms with Gasteiger partial charge in [0.25, 0.3) is 0 Å². The van der Waals surface area contributed by atoms with Gasteiger partial charge < -0.3 is 4.42 Å². The van der Waals surface area contributed by atoms with Crippen molar-refractivity contribution in [2.45, 2.75) is 16.5 Å². The van der Waals surface area contributed by atoms with E-state index in [1.54, 1.807) is 35.2 Å². The van der Waals surface area contributed by atoms with E-state index >= 15 is 0 Å². The van der Waals surface area contributed by atoms with Gasteiger partial charge in [-0.1, -0.05) is 42.1 Å². The molecule has 1 atom stereocenters. The first-order chi connectivity index (χ1) is 12.7. The highest BCUT2D eigenvalue weighted by atomic mass is 32.2. The largest absolute Gasteiger partial charge is 0.419 e. The average molecular weight is 383 g/mol. The van der Waals surface area contributed by atoms with Crippen LogP contribution in [0, 0.1) is 5.82 Å². The number of benzene rings is 2. The van der Waals surface area contributed by atoms with Crippen molar-refractivity contribution in [1.29, 1.82) is 0 Å². The molecule has 0 saturated carbocycles. The quantitative estimate of drug-likeness (QED) is 0.405. The number of hydrogen-bond acceptors (Lipinski definition) is 6. The first-order valence-corrected chi connectivity index (χ1v) is 9.72. The summed E-state index contributed by atoms with van der Waals surface area (Å²) in [4.78, 5) is 4.67. The lowest BCUT2D eigenvalue weighted by atomic mass is 10.2. The molecule has 26 heavy (non-hydrogen) atoms. The second kappa shape index (κ2) is 7.39. The third kappa shape index (κ3) is 3.68. The van der Waals surface area contributed by atoms with Gasteiger partial charge in [-0.2, -0.15) is 0 Å². The zero-order chi connectivity index (χ0) is 17.9. The molecule has 0 aliphatic rings. The normalized spacial score (nSPS) is 12.2. The summed E-state index contributed by atoms with van der Waals surface area (Å²) in [6.45, 7) is 2.00. The van der Waals surface area contributed by atoms with E-state index < -0.39 is 0 Å². The van der Waals surface area contributed by atoms with Crippen LogP contribution in [0.25, 0.3) is 22.7 Å². The fraction of sp³-hybridized carbons (Fsp3) is 0.105. The number of nitrogens with zero attached hydrogens (tertiary/aromatic N) is 3. The summed E-state index contributed by atoms with van der Waals surface area (Å²) in [5.41, 5.74) is 2.76. The molecule has 4 aromatic rings. The molecule has 0 spiro atoms. The minimum Gasteiger partial charge on any atom is -0.419 e. The monoisotopic (exact) mass is 383 g/mol. The minimum absolute atomic E-state index is 0.0357. The molecular weight excluding hydrogens is 369 g/mol. The van der Waals surface area contributed by atoms with Gasteiger partial charge in [-0.3, -0.25) is 0 Å². The minimum atomic E-state index is -0.296. The zero-order valence-corrected chi connectivity index (χ0v) is 15.4. The molecule has 0 saturated heterocycles. The Balaban J connectivity index is 1.48. The Bertz CT molecular complexity index is 999. The van der Waals surface area contributed by atoms with Crippen LogP contribution in [0.3, 0.4) is 0 Å². The summed E-state index contributed by atoms with van der Waals surface area (Å²) < 4.78 is 19.7. The van der Waals surface area contributed by atoms with Crippen molar-refractivity contribution in [3.8, 4) is 22.7 Å². The summed E-state index contributed by atoms with van der Waals surface area (Å²) in [5, 5.41) is 10.2. The third-order valence-electron chi connectivity index (χ3n) is 3.71. The maximum Gasteiger partial charge on any atom is 0.247 e. The molecule has 4 nitrogen and oxygen atoms in total. The predicted octanol–water partition coefficient (Wildman–Crippen LogP) is 5.85. The van der Waals surface area contributed by atoms with Crippen LogP contribution in [-0.2, 0) is 0 Å². The molecule has 0 N–H and O–H groups in total. The van der Waals surface area contributed by atoms with E-state index in [9.17, 15) is 4.39 Å². The second-order valence-electron chi connectivity index (χ2n) is 5.58. The molecule has 0 fully saturated rings. The molecule has 7 heteroatoms. The number of thioether (sulfide) groups is 1. The second-order valence-corrected chi connectivity index (χ2v) is 8.02. The smallest absolute Gasteiger partial charge is 0.247 e. The maximum absolute atomic E-state index is 13.0. The highest BCUT2D eigenvalue weighted by Gasteiger charge is 2.18. The van der Waals surface area contributed by atoms with E-state index in [1.807, 2.05) is 42.6 Å². The standard InChI is InChI=1S/C19H14FN3OS2/c1-12(17-22-23-18(24-17)14-7-9-15(20)10-8-14)26-19-21-16(11-25-19)13-5-3-2-4-6-13/h2-12H,1H3/t12-/m0/s1. The van der Waals surface area contributed by atoms with E-state index in [-0.39, 0.29) is 11.1 Å². The van der Waals surface area contributed by atoms with Crippen LogP contribution in [0.15, 0.2) is 68.7 Å². The van der Waals surface area contributed by atoms with Crippen molar-refractivity contribution in [3.05, 3.63) is 71.7 Å². The van der Waals surface area contributed by atoms with Crippen molar-refractivity contribution in [2.75, 3.05) is 0 Å². The van der Waals surface area contributed by atoms with Crippen LogP contribution in [0.1, 0.15) is 18.1 Å². The van der Waals surface area contributed by atoms with Gasteiger partial charge in [0.05, 0.1) is 10.9 Å². The fourth-order valence-corrected chi connectivity index (χ4v) is 4.36. The Hall–Kier alpha value is -2.51. The molecule has 2 aromatic carbocycles. The third-order valence-corrected chi connectivity index (χ3v) is 5.77. The van der Waals surface area contributed by atoms with Crippen LogP contribution in [0.4, 0.5) is 4.39 Å². The van der Waals surface area contributed by atoms with E-state index in [0.29, 0.717) is 17.3 Å². The summed E-state index contributed by atoms with van der Waals surface area (Å²) in [7, 11) is 0. The van der Waals surface area contributed by atoms with Crippen molar-refractivity contribution in [2.24, 2.45) is 0 Å². The van der Waals surface area contributed by atoms with Crippen LogP contribution < -0.4 is 0 Å². The Morgan fingerprint density at radius 3 is 2.54 bits per heavy atom. The van der Waals surface area contributed by atoms with Crippen LogP contribution in [0.2, 0.25) is 0 Å². The number of rotatable bonds is 5. The Morgan fingerprint density at radius 2 is 1.77 bits per heavy atom. The first-order valence-electron chi connectivity index (χ1n) is 7.96. The number of halogens is 1. The van der Waals surface area contributed by atoms with Gasteiger partial charge in [-0.05, 0) is 31.2 Å². The van der Waals surface area contributed by atoms with Gasteiger partial charge in [0.15, 0.2) is 4.34 Å².